The lowest BCUT2D eigenvalue weighted by molar-refractivity contribution is -0.137. The molecule has 2 rings (SSSR count). The molecule has 2 fully saturated rings. The lowest BCUT2D eigenvalue weighted by Crippen LogP contribution is -2.51. The molecule has 2 aliphatic heterocycles. The van der Waals surface area contributed by atoms with Crippen LogP contribution in [0.25, 0.3) is 0 Å². The van der Waals surface area contributed by atoms with Gasteiger partial charge in [-0.2, -0.15) is 0 Å². The summed E-state index contributed by atoms with van der Waals surface area (Å²) in [7, 11) is 0. The first-order valence-corrected chi connectivity index (χ1v) is 9.44. The first kappa shape index (κ1) is 17.7. The van der Waals surface area contributed by atoms with Gasteiger partial charge in [-0.1, -0.05) is 6.92 Å². The Hall–Kier alpha value is -0.610. The predicted octanol–water partition coefficient (Wildman–Crippen LogP) is 2.44. The summed E-state index contributed by atoms with van der Waals surface area (Å²) in [5, 5.41) is 0. The Labute approximate surface area is 136 Å². The molecule has 1 unspecified atom stereocenters. The molecule has 4 heteroatoms. The van der Waals surface area contributed by atoms with Gasteiger partial charge in [0.2, 0.25) is 5.91 Å². The number of rotatable bonds is 6. The van der Waals surface area contributed by atoms with Crippen molar-refractivity contribution in [2.45, 2.75) is 58.9 Å². The maximum Gasteiger partial charge on any atom is 0.226 e. The highest BCUT2D eigenvalue weighted by Gasteiger charge is 2.32. The highest BCUT2D eigenvalue weighted by atomic mass is 16.2. The van der Waals surface area contributed by atoms with Crippen molar-refractivity contribution >= 4 is 5.91 Å². The molecule has 0 bridgehead atoms. The first-order valence-electron chi connectivity index (χ1n) is 9.44. The fourth-order valence-electron chi connectivity index (χ4n) is 4.16. The Morgan fingerprint density at radius 3 is 2.32 bits per heavy atom. The van der Waals surface area contributed by atoms with Crippen LogP contribution < -0.4 is 0 Å². The van der Waals surface area contributed by atoms with Crippen molar-refractivity contribution in [3.8, 4) is 0 Å². The van der Waals surface area contributed by atoms with Crippen molar-refractivity contribution < 1.29 is 4.79 Å². The first-order chi connectivity index (χ1) is 10.7. The van der Waals surface area contributed by atoms with Crippen LogP contribution in [0.3, 0.4) is 0 Å². The van der Waals surface area contributed by atoms with E-state index in [1.807, 2.05) is 4.90 Å². The van der Waals surface area contributed by atoms with E-state index in [4.69, 9.17) is 0 Å². The largest absolute Gasteiger partial charge is 0.343 e. The third-order valence-electron chi connectivity index (χ3n) is 5.49. The number of carbonyl (C=O) groups is 1. The maximum atomic E-state index is 12.6. The standard InChI is InChI=1S/C18H35N3O/c1-4-11-19-13-9-17(10-14-19)21-12-7-8-16(15-21)18(22)20(5-2)6-3/h16-17H,4-15H2,1-3H3. The van der Waals surface area contributed by atoms with E-state index in [0.29, 0.717) is 11.9 Å². The molecule has 2 aliphatic rings. The van der Waals surface area contributed by atoms with Crippen LogP contribution in [0, 0.1) is 5.92 Å². The lowest BCUT2D eigenvalue weighted by atomic mass is 9.92. The summed E-state index contributed by atoms with van der Waals surface area (Å²) in [5.41, 5.74) is 0. The van der Waals surface area contributed by atoms with Crippen molar-refractivity contribution in [2.75, 3.05) is 45.8 Å². The Morgan fingerprint density at radius 2 is 1.73 bits per heavy atom. The molecule has 0 aromatic heterocycles. The minimum absolute atomic E-state index is 0.238. The van der Waals surface area contributed by atoms with Gasteiger partial charge in [-0.25, -0.2) is 0 Å². The molecular weight excluding hydrogens is 274 g/mol. The summed E-state index contributed by atoms with van der Waals surface area (Å²) in [6, 6.07) is 0.709. The van der Waals surface area contributed by atoms with Crippen LogP contribution in [0.1, 0.15) is 52.9 Å². The van der Waals surface area contributed by atoms with Crippen LogP contribution in [0.2, 0.25) is 0 Å². The molecule has 0 aliphatic carbocycles. The summed E-state index contributed by atoms with van der Waals surface area (Å²) in [4.78, 5) is 19.8. The molecule has 0 spiro atoms. The zero-order valence-corrected chi connectivity index (χ0v) is 14.9. The number of nitrogens with zero attached hydrogens (tertiary/aromatic N) is 3. The van der Waals surface area contributed by atoms with Crippen LogP contribution in [-0.2, 0) is 4.79 Å². The van der Waals surface area contributed by atoms with Crippen LogP contribution in [-0.4, -0.2) is 72.5 Å². The fourth-order valence-corrected chi connectivity index (χ4v) is 4.16. The Kier molecular flexibility index (Phi) is 7.16. The molecule has 0 aromatic carbocycles. The molecule has 2 heterocycles. The molecule has 1 amide bonds. The predicted molar refractivity (Wildman–Crippen MR) is 92.0 cm³/mol. The van der Waals surface area contributed by atoms with Crippen molar-refractivity contribution in [1.29, 1.82) is 0 Å². The molecule has 4 nitrogen and oxygen atoms in total. The van der Waals surface area contributed by atoms with E-state index in [-0.39, 0.29) is 5.92 Å². The third-order valence-corrected chi connectivity index (χ3v) is 5.49. The van der Waals surface area contributed by atoms with E-state index in [2.05, 4.69) is 30.6 Å². The molecule has 2 saturated heterocycles. The minimum Gasteiger partial charge on any atom is -0.343 e. The Morgan fingerprint density at radius 1 is 1.05 bits per heavy atom. The topological polar surface area (TPSA) is 26.8 Å². The van der Waals surface area contributed by atoms with Crippen molar-refractivity contribution in [2.24, 2.45) is 5.92 Å². The van der Waals surface area contributed by atoms with Gasteiger partial charge in [-0.15, -0.1) is 0 Å². The zero-order chi connectivity index (χ0) is 15.9. The van der Waals surface area contributed by atoms with Crippen molar-refractivity contribution in [3.05, 3.63) is 0 Å². The Balaban J connectivity index is 1.84. The second-order valence-electron chi connectivity index (χ2n) is 6.92. The average Bonchev–Trinajstić information content (AvgIpc) is 2.57. The second kappa shape index (κ2) is 8.88. The van der Waals surface area contributed by atoms with Crippen LogP contribution in [0.4, 0.5) is 0 Å². The summed E-state index contributed by atoms with van der Waals surface area (Å²) >= 11 is 0. The van der Waals surface area contributed by atoms with Gasteiger partial charge in [-0.3, -0.25) is 9.69 Å². The molecular formula is C18H35N3O. The molecule has 0 N–H and O–H groups in total. The van der Waals surface area contributed by atoms with E-state index in [1.165, 1.54) is 51.9 Å². The number of hydrogen-bond donors (Lipinski definition) is 0. The van der Waals surface area contributed by atoms with E-state index in [9.17, 15) is 4.79 Å². The minimum atomic E-state index is 0.238. The molecule has 0 radical (unpaired) electrons. The summed E-state index contributed by atoms with van der Waals surface area (Å²) < 4.78 is 0. The van der Waals surface area contributed by atoms with Crippen molar-refractivity contribution in [3.63, 3.8) is 0 Å². The normalized spacial score (nSPS) is 25.3. The summed E-state index contributed by atoms with van der Waals surface area (Å²) in [5.74, 6) is 0.625. The van der Waals surface area contributed by atoms with Gasteiger partial charge in [-0.05, 0) is 72.1 Å². The van der Waals surface area contributed by atoms with Gasteiger partial charge in [0.05, 0.1) is 5.92 Å². The monoisotopic (exact) mass is 309 g/mol. The van der Waals surface area contributed by atoms with Crippen LogP contribution >= 0.6 is 0 Å². The third kappa shape index (κ3) is 4.45. The molecule has 1 atom stereocenters. The highest BCUT2D eigenvalue weighted by Crippen LogP contribution is 2.25. The van der Waals surface area contributed by atoms with Gasteiger partial charge in [0.15, 0.2) is 0 Å². The number of piperidine rings is 2. The highest BCUT2D eigenvalue weighted by molar-refractivity contribution is 5.79. The van der Waals surface area contributed by atoms with E-state index in [0.717, 1.165) is 26.1 Å². The van der Waals surface area contributed by atoms with E-state index in [1.54, 1.807) is 0 Å². The number of carbonyl (C=O) groups excluding carboxylic acids is 1. The SMILES string of the molecule is CCCN1CCC(N2CCCC(C(=O)N(CC)CC)C2)CC1. The van der Waals surface area contributed by atoms with Crippen LogP contribution in [0.5, 0.6) is 0 Å². The average molecular weight is 309 g/mol. The lowest BCUT2D eigenvalue weighted by Gasteiger charge is -2.42. The van der Waals surface area contributed by atoms with E-state index >= 15 is 0 Å². The molecule has 0 aromatic rings. The van der Waals surface area contributed by atoms with Gasteiger partial charge in [0.1, 0.15) is 0 Å². The quantitative estimate of drug-likeness (QED) is 0.754. The fraction of sp³-hybridized carbons (Fsp3) is 0.944. The van der Waals surface area contributed by atoms with Gasteiger partial charge >= 0.3 is 0 Å². The van der Waals surface area contributed by atoms with E-state index < -0.39 is 0 Å². The maximum absolute atomic E-state index is 12.6. The summed E-state index contributed by atoms with van der Waals surface area (Å²) in [6.45, 7) is 14.1. The van der Waals surface area contributed by atoms with Gasteiger partial charge in [0, 0.05) is 25.7 Å². The number of amides is 1. The second-order valence-corrected chi connectivity index (χ2v) is 6.92. The Bertz CT molecular complexity index is 335. The van der Waals surface area contributed by atoms with Gasteiger partial charge in [0.25, 0.3) is 0 Å². The molecule has 22 heavy (non-hydrogen) atoms. The van der Waals surface area contributed by atoms with Crippen LogP contribution in [0.15, 0.2) is 0 Å². The van der Waals surface area contributed by atoms with Gasteiger partial charge < -0.3 is 9.80 Å². The van der Waals surface area contributed by atoms with Crippen molar-refractivity contribution in [1.82, 2.24) is 14.7 Å². The molecule has 128 valence electrons. The smallest absolute Gasteiger partial charge is 0.226 e. The zero-order valence-electron chi connectivity index (χ0n) is 14.9. The molecule has 0 saturated carbocycles. The number of likely N-dealkylation sites (tertiary alicyclic amines) is 2. The summed E-state index contributed by atoms with van der Waals surface area (Å²) in [6.07, 6.45) is 6.10. The number of hydrogen-bond acceptors (Lipinski definition) is 3.